The van der Waals surface area contributed by atoms with Crippen LogP contribution in [0.1, 0.15) is 16.7 Å². The van der Waals surface area contributed by atoms with Crippen LogP contribution in [-0.4, -0.2) is 9.13 Å². The Morgan fingerprint density at radius 3 is 1.92 bits per heavy atom. The van der Waals surface area contributed by atoms with E-state index in [9.17, 15) is 9.59 Å². The molecular formula is C19H16Cl2N2O2. The minimum atomic E-state index is -0.393. The molecule has 2 aromatic carbocycles. The lowest BCUT2D eigenvalue weighted by Gasteiger charge is -2.13. The molecule has 0 fully saturated rings. The van der Waals surface area contributed by atoms with Crippen LogP contribution in [0, 0.1) is 6.92 Å². The zero-order valence-corrected chi connectivity index (χ0v) is 15.1. The van der Waals surface area contributed by atoms with Crippen LogP contribution in [0.4, 0.5) is 0 Å². The molecule has 1 aromatic heterocycles. The van der Waals surface area contributed by atoms with Crippen LogP contribution < -0.4 is 11.2 Å². The summed E-state index contributed by atoms with van der Waals surface area (Å²) in [7, 11) is 0. The van der Waals surface area contributed by atoms with Gasteiger partial charge in [0.25, 0.3) is 5.56 Å². The summed E-state index contributed by atoms with van der Waals surface area (Å²) in [6.07, 6.45) is 1.57. The Balaban J connectivity index is 2.07. The summed E-state index contributed by atoms with van der Waals surface area (Å²) in [5.74, 6) is 0. The molecule has 0 spiro atoms. The van der Waals surface area contributed by atoms with Gasteiger partial charge >= 0.3 is 5.69 Å². The largest absolute Gasteiger partial charge is 0.331 e. The molecule has 0 aliphatic rings. The van der Waals surface area contributed by atoms with Crippen LogP contribution >= 0.6 is 23.2 Å². The standard InChI is InChI=1S/C19H16Cl2N2O2/c1-13-10-22(11-14-6-2-4-8-16(14)20)19(25)23(18(13)24)12-15-7-3-5-9-17(15)21/h2-10H,11-12H2,1H3. The van der Waals surface area contributed by atoms with E-state index in [1.807, 2.05) is 24.3 Å². The van der Waals surface area contributed by atoms with Crippen LogP contribution in [0.15, 0.2) is 64.3 Å². The van der Waals surface area contributed by atoms with Crippen molar-refractivity contribution < 1.29 is 0 Å². The Morgan fingerprint density at radius 2 is 1.36 bits per heavy atom. The summed E-state index contributed by atoms with van der Waals surface area (Å²) in [5.41, 5.74) is 1.31. The van der Waals surface area contributed by atoms with Gasteiger partial charge in [-0.05, 0) is 30.2 Å². The van der Waals surface area contributed by atoms with Crippen molar-refractivity contribution in [2.24, 2.45) is 0 Å². The molecule has 3 aromatic rings. The van der Waals surface area contributed by atoms with Gasteiger partial charge in [-0.3, -0.25) is 13.9 Å². The lowest BCUT2D eigenvalue weighted by molar-refractivity contribution is 0.606. The number of halogens is 2. The van der Waals surface area contributed by atoms with E-state index >= 15 is 0 Å². The van der Waals surface area contributed by atoms with Gasteiger partial charge in [0.05, 0.1) is 13.1 Å². The zero-order valence-electron chi connectivity index (χ0n) is 13.6. The quantitative estimate of drug-likeness (QED) is 0.698. The maximum atomic E-state index is 12.8. The highest BCUT2D eigenvalue weighted by Gasteiger charge is 2.12. The van der Waals surface area contributed by atoms with Crippen molar-refractivity contribution in [1.82, 2.24) is 9.13 Å². The van der Waals surface area contributed by atoms with Crippen molar-refractivity contribution in [3.8, 4) is 0 Å². The van der Waals surface area contributed by atoms with Crippen LogP contribution in [0.3, 0.4) is 0 Å². The van der Waals surface area contributed by atoms with Crippen molar-refractivity contribution in [2.75, 3.05) is 0 Å². The fourth-order valence-electron chi connectivity index (χ4n) is 2.66. The molecule has 0 saturated carbocycles. The van der Waals surface area contributed by atoms with Crippen LogP contribution in [0.25, 0.3) is 0 Å². The topological polar surface area (TPSA) is 44.0 Å². The van der Waals surface area contributed by atoms with Gasteiger partial charge in [-0.15, -0.1) is 0 Å². The van der Waals surface area contributed by atoms with Gasteiger partial charge in [-0.25, -0.2) is 4.79 Å². The Labute approximate surface area is 154 Å². The van der Waals surface area contributed by atoms with E-state index in [0.29, 0.717) is 22.2 Å². The number of hydrogen-bond acceptors (Lipinski definition) is 2. The maximum absolute atomic E-state index is 12.8. The molecule has 3 rings (SSSR count). The first-order chi connectivity index (χ1) is 12.0. The van der Waals surface area contributed by atoms with E-state index in [0.717, 1.165) is 11.1 Å². The third-order valence-corrected chi connectivity index (χ3v) is 4.73. The van der Waals surface area contributed by atoms with Crippen molar-refractivity contribution >= 4 is 23.2 Å². The Morgan fingerprint density at radius 1 is 0.840 bits per heavy atom. The van der Waals surface area contributed by atoms with E-state index in [2.05, 4.69) is 0 Å². The molecular weight excluding hydrogens is 359 g/mol. The molecule has 0 unspecified atom stereocenters. The summed E-state index contributed by atoms with van der Waals surface area (Å²) in [5, 5.41) is 1.10. The normalized spacial score (nSPS) is 10.8. The van der Waals surface area contributed by atoms with Crippen molar-refractivity contribution in [2.45, 2.75) is 20.0 Å². The highest BCUT2D eigenvalue weighted by atomic mass is 35.5. The predicted octanol–water partition coefficient (Wildman–Crippen LogP) is 3.72. The predicted molar refractivity (Wildman–Crippen MR) is 101 cm³/mol. The van der Waals surface area contributed by atoms with Gasteiger partial charge in [0.15, 0.2) is 0 Å². The minimum Gasteiger partial charge on any atom is -0.296 e. The molecule has 128 valence electrons. The van der Waals surface area contributed by atoms with E-state index in [-0.39, 0.29) is 12.1 Å². The van der Waals surface area contributed by atoms with E-state index in [1.54, 1.807) is 37.4 Å². The first-order valence-electron chi connectivity index (χ1n) is 7.75. The SMILES string of the molecule is Cc1cn(Cc2ccccc2Cl)c(=O)n(Cc2ccccc2Cl)c1=O. The summed E-state index contributed by atoms with van der Waals surface area (Å²) < 4.78 is 2.70. The van der Waals surface area contributed by atoms with Crippen LogP contribution in [0.5, 0.6) is 0 Å². The molecule has 0 radical (unpaired) electrons. The first-order valence-corrected chi connectivity index (χ1v) is 8.50. The highest BCUT2D eigenvalue weighted by Crippen LogP contribution is 2.16. The van der Waals surface area contributed by atoms with Gasteiger partial charge in [-0.1, -0.05) is 59.6 Å². The second-order valence-corrected chi connectivity index (χ2v) is 6.61. The molecule has 0 N–H and O–H groups in total. The molecule has 25 heavy (non-hydrogen) atoms. The average molecular weight is 375 g/mol. The highest BCUT2D eigenvalue weighted by molar-refractivity contribution is 6.31. The van der Waals surface area contributed by atoms with Crippen molar-refractivity contribution in [3.05, 3.63) is 102 Å². The van der Waals surface area contributed by atoms with Gasteiger partial charge < -0.3 is 0 Å². The summed E-state index contributed by atoms with van der Waals surface area (Å²) in [6.45, 7) is 2.11. The zero-order chi connectivity index (χ0) is 18.0. The molecule has 0 aliphatic carbocycles. The molecule has 0 atom stereocenters. The molecule has 4 nitrogen and oxygen atoms in total. The number of rotatable bonds is 4. The van der Waals surface area contributed by atoms with Crippen molar-refractivity contribution in [3.63, 3.8) is 0 Å². The van der Waals surface area contributed by atoms with Crippen LogP contribution in [-0.2, 0) is 13.1 Å². The average Bonchev–Trinajstić information content (AvgIpc) is 2.60. The van der Waals surface area contributed by atoms with E-state index in [4.69, 9.17) is 23.2 Å². The lowest BCUT2D eigenvalue weighted by atomic mass is 10.2. The Hall–Kier alpha value is -2.30. The molecule has 0 saturated heterocycles. The molecule has 0 bridgehead atoms. The second kappa shape index (κ2) is 7.30. The summed E-state index contributed by atoms with van der Waals surface area (Å²) in [6, 6.07) is 14.5. The van der Waals surface area contributed by atoms with E-state index in [1.165, 1.54) is 9.13 Å². The molecule has 1 heterocycles. The third kappa shape index (κ3) is 3.70. The third-order valence-electron chi connectivity index (χ3n) is 3.99. The monoisotopic (exact) mass is 374 g/mol. The second-order valence-electron chi connectivity index (χ2n) is 5.80. The fourth-order valence-corrected chi connectivity index (χ4v) is 3.05. The number of nitrogens with zero attached hydrogens (tertiary/aromatic N) is 2. The number of aryl methyl sites for hydroxylation is 1. The van der Waals surface area contributed by atoms with Gasteiger partial charge in [0.2, 0.25) is 0 Å². The molecule has 0 amide bonds. The van der Waals surface area contributed by atoms with Crippen molar-refractivity contribution in [1.29, 1.82) is 0 Å². The Kier molecular flexibility index (Phi) is 5.11. The fraction of sp³-hybridized carbons (Fsp3) is 0.158. The number of aromatic nitrogens is 2. The summed E-state index contributed by atoms with van der Waals surface area (Å²) in [4.78, 5) is 25.3. The molecule has 6 heteroatoms. The minimum absolute atomic E-state index is 0.127. The maximum Gasteiger partial charge on any atom is 0.331 e. The van der Waals surface area contributed by atoms with Gasteiger partial charge in [-0.2, -0.15) is 0 Å². The Bertz CT molecular complexity index is 1040. The lowest BCUT2D eigenvalue weighted by Crippen LogP contribution is -2.41. The summed E-state index contributed by atoms with van der Waals surface area (Å²) >= 11 is 12.4. The number of hydrogen-bond donors (Lipinski definition) is 0. The van der Waals surface area contributed by atoms with Gasteiger partial charge in [0.1, 0.15) is 0 Å². The first kappa shape index (κ1) is 17.5. The van der Waals surface area contributed by atoms with Gasteiger partial charge in [0, 0.05) is 21.8 Å². The van der Waals surface area contributed by atoms with E-state index < -0.39 is 5.69 Å². The molecule has 0 aliphatic heterocycles. The number of benzene rings is 2. The smallest absolute Gasteiger partial charge is 0.296 e. The van der Waals surface area contributed by atoms with Crippen LogP contribution in [0.2, 0.25) is 10.0 Å².